The molecule has 0 aliphatic carbocycles. The lowest BCUT2D eigenvalue weighted by Gasteiger charge is -2.31. The zero-order chi connectivity index (χ0) is 20.7. The Morgan fingerprint density at radius 1 is 0.929 bits per heavy atom. The fourth-order valence-electron chi connectivity index (χ4n) is 2.04. The van der Waals surface area contributed by atoms with Crippen molar-refractivity contribution < 1.29 is 41.0 Å². The molecule has 28 heavy (non-hydrogen) atoms. The Morgan fingerprint density at radius 3 is 1.89 bits per heavy atom. The number of hydrogen-bond acceptors (Lipinski definition) is 5. The number of rotatable bonds is 9. The third-order valence-corrected chi connectivity index (χ3v) is 3.37. The van der Waals surface area contributed by atoms with Crippen LogP contribution in [0.15, 0.2) is 24.3 Å². The van der Waals surface area contributed by atoms with Crippen LogP contribution in [0.1, 0.15) is 41.5 Å². The van der Waals surface area contributed by atoms with Gasteiger partial charge in [0.25, 0.3) is 0 Å². The van der Waals surface area contributed by atoms with Crippen molar-refractivity contribution in [3.8, 4) is 11.5 Å². The maximum absolute atomic E-state index is 10.1. The highest BCUT2D eigenvalue weighted by atomic mass is 35.5. The fraction of sp³-hybridized carbons (Fsp3) is 0.667. The minimum atomic E-state index is -0.476. The minimum absolute atomic E-state index is 0. The van der Waals surface area contributed by atoms with E-state index in [2.05, 4.69) is 0 Å². The summed E-state index contributed by atoms with van der Waals surface area (Å²) in [6, 6.07) is 6.87. The first-order valence-corrected chi connectivity index (χ1v) is 9.25. The molecule has 1 N–H and O–H groups in total. The first-order valence-electron chi connectivity index (χ1n) is 9.25. The van der Waals surface area contributed by atoms with Crippen molar-refractivity contribution in [3.63, 3.8) is 0 Å². The van der Waals surface area contributed by atoms with Crippen LogP contribution in [0.2, 0.25) is 0 Å². The smallest absolute Gasteiger partial charge is 0.323 e. The maximum atomic E-state index is 10.1. The zero-order valence-electron chi connectivity index (χ0n) is 18.4. The Hall–Kier alpha value is -1.50. The summed E-state index contributed by atoms with van der Waals surface area (Å²) in [5.41, 5.74) is -0.648. The summed E-state index contributed by atoms with van der Waals surface area (Å²) in [7, 11) is 3.76. The molecule has 0 aliphatic rings. The second-order valence-corrected chi connectivity index (χ2v) is 8.71. The van der Waals surface area contributed by atoms with E-state index in [1.807, 2.05) is 66.3 Å². The van der Waals surface area contributed by atoms with E-state index >= 15 is 0 Å². The number of phenols is 1. The number of aromatic hydroxyl groups is 1. The number of benzene rings is 1. The van der Waals surface area contributed by atoms with Crippen LogP contribution in [0.4, 0.5) is 0 Å². The molecule has 162 valence electrons. The predicted molar refractivity (Wildman–Crippen MR) is 107 cm³/mol. The van der Waals surface area contributed by atoms with Gasteiger partial charge in [-0.3, -0.25) is 0 Å². The normalized spacial score (nSPS) is 13.9. The number of phenolic OH excluding ortho intramolecular Hbond substituents is 1. The molecule has 0 amide bonds. The van der Waals surface area contributed by atoms with Crippen LogP contribution < -0.4 is 17.1 Å². The van der Waals surface area contributed by atoms with Gasteiger partial charge in [0, 0.05) is 0 Å². The van der Waals surface area contributed by atoms with E-state index in [0.717, 1.165) is 0 Å². The van der Waals surface area contributed by atoms with Gasteiger partial charge in [-0.2, -0.15) is 0 Å². The van der Waals surface area contributed by atoms with Gasteiger partial charge >= 0.3 is 6.40 Å². The molecule has 0 saturated carbocycles. The van der Waals surface area contributed by atoms with Crippen LogP contribution >= 0.6 is 0 Å². The molecule has 0 aliphatic heterocycles. The van der Waals surface area contributed by atoms with Gasteiger partial charge in [-0.1, -0.05) is 12.1 Å². The molecule has 0 radical (unpaired) electrons. The summed E-state index contributed by atoms with van der Waals surface area (Å²) >= 11 is 0. The van der Waals surface area contributed by atoms with Crippen molar-refractivity contribution in [2.45, 2.75) is 65.0 Å². The Labute approximate surface area is 175 Å². The van der Waals surface area contributed by atoms with Gasteiger partial charge in [0.1, 0.15) is 14.1 Å². The Morgan fingerprint density at radius 2 is 1.43 bits per heavy atom. The quantitative estimate of drug-likeness (QED) is 0.359. The molecule has 0 saturated heterocycles. The molecule has 0 fully saturated rings. The van der Waals surface area contributed by atoms with E-state index in [4.69, 9.17) is 18.9 Å². The number of ether oxygens (including phenoxy) is 4. The average Bonchev–Trinajstić information content (AvgIpc) is 2.51. The SMILES string of the molecule is C[N+](C)=CO[C@@H](COC(C)(C)C)[C@@H](COC(C)(C)C)Oc1ccccc1O.[Cl-]. The first kappa shape index (κ1) is 26.5. The van der Waals surface area contributed by atoms with E-state index in [-0.39, 0.29) is 36.0 Å². The molecular formula is C21H36ClNO5. The lowest BCUT2D eigenvalue weighted by Crippen LogP contribution is -3.00. The zero-order valence-corrected chi connectivity index (χ0v) is 19.1. The summed E-state index contributed by atoms with van der Waals surface area (Å²) in [6.07, 6.45) is 0.722. The first-order chi connectivity index (χ1) is 12.4. The van der Waals surface area contributed by atoms with Crippen LogP contribution in [0.3, 0.4) is 0 Å². The van der Waals surface area contributed by atoms with Gasteiger partial charge in [-0.05, 0) is 53.7 Å². The fourth-order valence-corrected chi connectivity index (χ4v) is 2.04. The molecule has 0 unspecified atom stereocenters. The summed E-state index contributed by atoms with van der Waals surface area (Å²) < 4.78 is 25.7. The number of para-hydroxylation sites is 2. The Bertz CT molecular complexity index is 604. The lowest BCUT2D eigenvalue weighted by atomic mass is 10.1. The second-order valence-electron chi connectivity index (χ2n) is 8.71. The molecule has 1 aromatic carbocycles. The molecule has 6 nitrogen and oxygen atoms in total. The van der Waals surface area contributed by atoms with Crippen molar-refractivity contribution in [2.75, 3.05) is 27.3 Å². The lowest BCUT2D eigenvalue weighted by molar-refractivity contribution is -0.469. The molecule has 0 heterocycles. The number of hydrogen-bond donors (Lipinski definition) is 1. The van der Waals surface area contributed by atoms with Gasteiger partial charge in [-0.15, -0.1) is 0 Å². The molecule has 1 aromatic rings. The van der Waals surface area contributed by atoms with Crippen LogP contribution in [0.5, 0.6) is 11.5 Å². The van der Waals surface area contributed by atoms with Crippen molar-refractivity contribution in [3.05, 3.63) is 24.3 Å². The van der Waals surface area contributed by atoms with Crippen molar-refractivity contribution in [2.24, 2.45) is 0 Å². The largest absolute Gasteiger partial charge is 1.00 e. The van der Waals surface area contributed by atoms with E-state index in [1.54, 1.807) is 24.6 Å². The third kappa shape index (κ3) is 11.4. The maximum Gasteiger partial charge on any atom is 0.323 e. The van der Waals surface area contributed by atoms with Gasteiger partial charge < -0.3 is 36.5 Å². The van der Waals surface area contributed by atoms with Crippen LogP contribution in [0.25, 0.3) is 0 Å². The van der Waals surface area contributed by atoms with Crippen LogP contribution in [-0.2, 0) is 14.2 Å². The molecule has 0 bridgehead atoms. The highest BCUT2D eigenvalue weighted by Gasteiger charge is 2.30. The van der Waals surface area contributed by atoms with E-state index < -0.39 is 12.2 Å². The van der Waals surface area contributed by atoms with Crippen molar-refractivity contribution in [1.82, 2.24) is 0 Å². The Balaban J connectivity index is 0.00000729. The monoisotopic (exact) mass is 417 g/mol. The molecule has 2 atom stereocenters. The van der Waals surface area contributed by atoms with Gasteiger partial charge in [0.15, 0.2) is 23.7 Å². The van der Waals surface area contributed by atoms with Crippen LogP contribution in [0, 0.1) is 0 Å². The summed E-state index contributed by atoms with van der Waals surface area (Å²) in [5.74, 6) is 0.458. The highest BCUT2D eigenvalue weighted by Crippen LogP contribution is 2.27. The minimum Gasteiger partial charge on any atom is -1.00 e. The molecular weight excluding hydrogens is 382 g/mol. The van der Waals surface area contributed by atoms with Crippen LogP contribution in [-0.4, -0.2) is 66.8 Å². The molecule has 7 heteroatoms. The topological polar surface area (TPSA) is 60.2 Å². The predicted octanol–water partition coefficient (Wildman–Crippen LogP) is 0.459. The average molecular weight is 418 g/mol. The van der Waals surface area contributed by atoms with Crippen molar-refractivity contribution >= 4 is 6.40 Å². The highest BCUT2D eigenvalue weighted by molar-refractivity contribution is 5.40. The molecule has 0 spiro atoms. The van der Waals surface area contributed by atoms with E-state index in [1.165, 1.54) is 0 Å². The molecule has 0 aromatic heterocycles. The summed E-state index contributed by atoms with van der Waals surface area (Å²) in [6.45, 7) is 12.5. The van der Waals surface area contributed by atoms with E-state index in [9.17, 15) is 5.11 Å². The van der Waals surface area contributed by atoms with Gasteiger partial charge in [-0.25, -0.2) is 4.58 Å². The third-order valence-electron chi connectivity index (χ3n) is 3.37. The number of nitrogens with zero attached hydrogens (tertiary/aromatic N) is 1. The molecule has 1 rings (SSSR count). The van der Waals surface area contributed by atoms with Gasteiger partial charge in [0.2, 0.25) is 0 Å². The standard InChI is InChI=1S/C21H35NO5.ClH/c1-20(2,3)25-13-18(24-15-22(7)8)19(14-26-21(4,5)6)27-17-12-10-9-11-16(17)23;/h9-12,15,18-19H,13-14H2,1-8H3;1H/t18-,19+;/m0./s1. The van der Waals surface area contributed by atoms with E-state index in [0.29, 0.717) is 12.4 Å². The summed E-state index contributed by atoms with van der Waals surface area (Å²) in [5, 5.41) is 10.1. The van der Waals surface area contributed by atoms with Crippen molar-refractivity contribution in [1.29, 1.82) is 0 Å². The summed E-state index contributed by atoms with van der Waals surface area (Å²) in [4.78, 5) is 0. The Kier molecular flexibility index (Phi) is 10.9. The second kappa shape index (κ2) is 11.5. The van der Waals surface area contributed by atoms with Gasteiger partial charge in [0.05, 0.1) is 24.4 Å². The number of halogens is 1.